The number of rotatable bonds is 6. The lowest BCUT2D eigenvalue weighted by atomic mass is 9.83. The molecule has 1 aliphatic rings. The molecular weight excluding hydrogens is 459 g/mol. The second-order valence-corrected chi connectivity index (χ2v) is 8.66. The Morgan fingerprint density at radius 1 is 1.11 bits per heavy atom. The van der Waals surface area contributed by atoms with E-state index in [-0.39, 0.29) is 11.7 Å². The lowest BCUT2D eigenvalue weighted by molar-refractivity contribution is -0.0591. The van der Waals surface area contributed by atoms with Crippen LogP contribution in [-0.4, -0.2) is 43.3 Å². The van der Waals surface area contributed by atoms with Crippen molar-refractivity contribution in [1.82, 2.24) is 9.88 Å². The van der Waals surface area contributed by atoms with Crippen LogP contribution in [0, 0.1) is 5.82 Å². The van der Waals surface area contributed by atoms with Gasteiger partial charge in [-0.15, -0.1) is 0 Å². The van der Waals surface area contributed by atoms with Gasteiger partial charge in [-0.25, -0.2) is 18.0 Å². The van der Waals surface area contributed by atoms with E-state index in [2.05, 4.69) is 10.3 Å². The van der Waals surface area contributed by atoms with Crippen molar-refractivity contribution >= 4 is 22.7 Å². The van der Waals surface area contributed by atoms with Gasteiger partial charge >= 0.3 is 6.09 Å². The first kappa shape index (κ1) is 24.8. The van der Waals surface area contributed by atoms with Crippen molar-refractivity contribution in [3.05, 3.63) is 71.2 Å². The summed E-state index contributed by atoms with van der Waals surface area (Å²) < 4.78 is 51.9. The summed E-state index contributed by atoms with van der Waals surface area (Å²) in [5, 5.41) is 4.06. The van der Waals surface area contributed by atoms with Crippen molar-refractivity contribution in [3.8, 4) is 0 Å². The van der Waals surface area contributed by atoms with Crippen LogP contribution in [0.1, 0.15) is 48.9 Å². The van der Waals surface area contributed by atoms with Crippen LogP contribution >= 0.6 is 0 Å². The Kier molecular flexibility index (Phi) is 7.16. The average Bonchev–Trinajstić information content (AvgIpc) is 2.88. The molecule has 0 spiro atoms. The van der Waals surface area contributed by atoms with Crippen molar-refractivity contribution < 1.29 is 27.4 Å². The maximum Gasteiger partial charge on any atom is 0.409 e. The highest BCUT2D eigenvalue weighted by Crippen LogP contribution is 2.39. The summed E-state index contributed by atoms with van der Waals surface area (Å²) in [6, 6.07) is 11.1. The Hall–Kier alpha value is -3.33. The Balaban J connectivity index is 1.65. The zero-order chi connectivity index (χ0) is 25.2. The molecule has 1 aliphatic heterocycles. The number of piperidine rings is 1. The first-order valence-electron chi connectivity index (χ1n) is 11.4. The van der Waals surface area contributed by atoms with Crippen LogP contribution in [0.15, 0.2) is 48.7 Å². The number of carbonyl (C=O) groups excluding carboxylic acids is 1. The zero-order valence-electron chi connectivity index (χ0n) is 19.9. The number of amides is 1. The summed E-state index contributed by atoms with van der Waals surface area (Å²) in [6.07, 6.45) is -0.419. The number of anilines is 1. The number of ether oxygens (including phenoxy) is 2. The van der Waals surface area contributed by atoms with Gasteiger partial charge in [-0.3, -0.25) is 4.98 Å². The van der Waals surface area contributed by atoms with E-state index in [1.807, 2.05) is 18.2 Å². The second-order valence-electron chi connectivity index (χ2n) is 8.66. The van der Waals surface area contributed by atoms with Gasteiger partial charge in [-0.1, -0.05) is 24.3 Å². The minimum atomic E-state index is -2.89. The minimum absolute atomic E-state index is 0.160. The van der Waals surface area contributed by atoms with Gasteiger partial charge in [-0.2, -0.15) is 0 Å². The number of benzene rings is 2. The molecule has 9 heteroatoms. The molecule has 6 nitrogen and oxygen atoms in total. The van der Waals surface area contributed by atoms with Crippen LogP contribution < -0.4 is 5.32 Å². The number of halogens is 3. The fourth-order valence-corrected chi connectivity index (χ4v) is 4.73. The molecule has 35 heavy (non-hydrogen) atoms. The van der Waals surface area contributed by atoms with Crippen LogP contribution in [0.2, 0.25) is 0 Å². The van der Waals surface area contributed by atoms with Gasteiger partial charge in [0.15, 0.2) is 0 Å². The van der Waals surface area contributed by atoms with Gasteiger partial charge in [0.25, 0.3) is 6.43 Å². The molecule has 1 fully saturated rings. The van der Waals surface area contributed by atoms with E-state index in [4.69, 9.17) is 9.47 Å². The molecule has 1 saturated heterocycles. The number of methoxy groups -OCH3 is 2. The van der Waals surface area contributed by atoms with Crippen molar-refractivity contribution in [2.24, 2.45) is 0 Å². The van der Waals surface area contributed by atoms with Gasteiger partial charge in [0.1, 0.15) is 5.82 Å². The van der Waals surface area contributed by atoms with E-state index in [1.54, 1.807) is 31.2 Å². The molecule has 2 heterocycles. The summed E-state index contributed by atoms with van der Waals surface area (Å²) >= 11 is 0. The van der Waals surface area contributed by atoms with Crippen LogP contribution in [0.5, 0.6) is 0 Å². The minimum Gasteiger partial charge on any atom is -0.453 e. The van der Waals surface area contributed by atoms with Gasteiger partial charge in [0, 0.05) is 43.0 Å². The highest BCUT2D eigenvalue weighted by Gasteiger charge is 2.38. The quantitative estimate of drug-likeness (QED) is 0.449. The fourth-order valence-electron chi connectivity index (χ4n) is 4.73. The van der Waals surface area contributed by atoms with Gasteiger partial charge < -0.3 is 19.7 Å². The largest absolute Gasteiger partial charge is 0.453 e. The summed E-state index contributed by atoms with van der Waals surface area (Å²) in [6.45, 7) is 2.71. The third-order valence-corrected chi connectivity index (χ3v) is 6.79. The Morgan fingerprint density at radius 2 is 1.83 bits per heavy atom. The average molecular weight is 488 g/mol. The number of carbonyl (C=O) groups is 1. The number of hydrogen-bond donors (Lipinski definition) is 1. The molecule has 3 aromatic rings. The maximum absolute atomic E-state index is 14.7. The van der Waals surface area contributed by atoms with E-state index in [0.29, 0.717) is 31.6 Å². The molecule has 0 unspecified atom stereocenters. The lowest BCUT2D eigenvalue weighted by Gasteiger charge is -2.40. The summed E-state index contributed by atoms with van der Waals surface area (Å²) in [7, 11) is 3.02. The molecular formula is C26H28F3N3O3. The van der Waals surface area contributed by atoms with Crippen molar-refractivity contribution in [2.75, 3.05) is 32.6 Å². The summed E-state index contributed by atoms with van der Waals surface area (Å²) in [5.41, 5.74) is 1.32. The van der Waals surface area contributed by atoms with E-state index >= 15 is 0 Å². The molecule has 0 bridgehead atoms. The summed E-state index contributed by atoms with van der Waals surface area (Å²) in [4.78, 5) is 18.0. The van der Waals surface area contributed by atoms with Crippen molar-refractivity contribution in [1.29, 1.82) is 0 Å². The van der Waals surface area contributed by atoms with E-state index < -0.39 is 29.4 Å². The number of pyridine rings is 1. The fraction of sp³-hybridized carbons (Fsp3) is 0.385. The maximum atomic E-state index is 14.7. The molecule has 1 atom stereocenters. The van der Waals surface area contributed by atoms with Crippen LogP contribution in [0.25, 0.3) is 10.9 Å². The van der Waals surface area contributed by atoms with E-state index in [1.165, 1.54) is 19.2 Å². The SMILES string of the molecule is COC(=O)N1CCC(OC)(c2ccc3nccc(N[C@H](C)c4cccc(C(F)F)c4F)c3c2)CC1. The number of likely N-dealkylation sites (tertiary alicyclic amines) is 1. The van der Waals surface area contributed by atoms with Crippen LogP contribution in [0.4, 0.5) is 23.7 Å². The zero-order valence-corrected chi connectivity index (χ0v) is 19.9. The highest BCUT2D eigenvalue weighted by atomic mass is 19.3. The molecule has 0 saturated carbocycles. The van der Waals surface area contributed by atoms with Gasteiger partial charge in [-0.05, 0) is 43.5 Å². The molecule has 2 aromatic carbocycles. The molecule has 186 valence electrons. The molecule has 1 aromatic heterocycles. The Bertz CT molecular complexity index is 1210. The van der Waals surface area contributed by atoms with Crippen LogP contribution in [0.3, 0.4) is 0 Å². The molecule has 1 amide bonds. The van der Waals surface area contributed by atoms with Crippen molar-refractivity contribution in [2.45, 2.75) is 37.8 Å². The lowest BCUT2D eigenvalue weighted by Crippen LogP contribution is -2.46. The first-order valence-corrected chi connectivity index (χ1v) is 11.4. The highest BCUT2D eigenvalue weighted by molar-refractivity contribution is 5.91. The van der Waals surface area contributed by atoms with Crippen molar-refractivity contribution in [3.63, 3.8) is 0 Å². The number of hydrogen-bond acceptors (Lipinski definition) is 5. The standard InChI is InChI=1S/C26H28F3N3O3/c1-16(18-5-4-6-19(23(18)27)24(28)29)31-22-9-12-30-21-8-7-17(15-20(21)22)26(35-3)10-13-32(14-11-26)25(33)34-2/h4-9,12,15-16,24H,10-11,13-14H2,1-3H3,(H,30,31)/t16-/m1/s1. The number of aromatic nitrogens is 1. The number of nitrogens with one attached hydrogen (secondary N) is 1. The van der Waals surface area contributed by atoms with Gasteiger partial charge in [0.05, 0.1) is 29.8 Å². The molecule has 0 radical (unpaired) electrons. The van der Waals surface area contributed by atoms with E-state index in [0.717, 1.165) is 22.5 Å². The second kappa shape index (κ2) is 10.1. The monoisotopic (exact) mass is 487 g/mol. The first-order chi connectivity index (χ1) is 16.8. The Labute approximate surface area is 202 Å². The normalized spacial score (nSPS) is 16.4. The smallest absolute Gasteiger partial charge is 0.409 e. The predicted octanol–water partition coefficient (Wildman–Crippen LogP) is 6.19. The number of fused-ring (bicyclic) bond motifs is 1. The summed E-state index contributed by atoms with van der Waals surface area (Å²) in [5.74, 6) is -0.905. The third kappa shape index (κ3) is 4.77. The number of nitrogens with zero attached hydrogens (tertiary/aromatic N) is 2. The Morgan fingerprint density at radius 3 is 2.49 bits per heavy atom. The van der Waals surface area contributed by atoms with E-state index in [9.17, 15) is 18.0 Å². The third-order valence-electron chi connectivity index (χ3n) is 6.79. The topological polar surface area (TPSA) is 63.7 Å². The van der Waals surface area contributed by atoms with Gasteiger partial charge in [0.2, 0.25) is 0 Å². The predicted molar refractivity (Wildman–Crippen MR) is 127 cm³/mol. The molecule has 0 aliphatic carbocycles. The number of alkyl halides is 2. The molecule has 4 rings (SSSR count). The molecule has 1 N–H and O–H groups in total. The van der Waals surface area contributed by atoms with Crippen LogP contribution in [-0.2, 0) is 15.1 Å².